The van der Waals surface area contributed by atoms with Crippen molar-refractivity contribution in [1.82, 2.24) is 5.32 Å². The van der Waals surface area contributed by atoms with Crippen molar-refractivity contribution in [1.29, 1.82) is 0 Å². The molecule has 0 atom stereocenters. The molecule has 3 aromatic carbocycles. The Morgan fingerprint density at radius 2 is 1.38 bits per heavy atom. The summed E-state index contributed by atoms with van der Waals surface area (Å²) in [6.07, 6.45) is 0.916. The van der Waals surface area contributed by atoms with Crippen LogP contribution in [0.4, 0.5) is 0 Å². The van der Waals surface area contributed by atoms with Gasteiger partial charge in [0.2, 0.25) is 5.91 Å². The molecule has 0 aromatic heterocycles. The molecule has 0 radical (unpaired) electrons. The second-order valence-corrected chi connectivity index (χ2v) is 7.57. The van der Waals surface area contributed by atoms with Crippen molar-refractivity contribution in [2.24, 2.45) is 0 Å². The Bertz CT molecular complexity index is 1140. The van der Waals surface area contributed by atoms with Crippen LogP contribution in [0, 0.1) is 0 Å². The summed E-state index contributed by atoms with van der Waals surface area (Å²) in [4.78, 5) is 24.0. The van der Waals surface area contributed by atoms with Crippen molar-refractivity contribution < 1.29 is 28.5 Å². The summed E-state index contributed by atoms with van der Waals surface area (Å²) in [5, 5.41) is 2.96. The summed E-state index contributed by atoms with van der Waals surface area (Å²) in [7, 11) is 6.12. The molecule has 0 aliphatic heterocycles. The molecule has 0 bridgehead atoms. The molecule has 3 aromatic rings. The van der Waals surface area contributed by atoms with Crippen molar-refractivity contribution in [3.63, 3.8) is 0 Å². The number of hydrogen-bond donors (Lipinski definition) is 1. The van der Waals surface area contributed by atoms with Gasteiger partial charge in [-0.25, -0.2) is 4.79 Å². The van der Waals surface area contributed by atoms with E-state index in [0.717, 1.165) is 28.0 Å². The van der Waals surface area contributed by atoms with Crippen LogP contribution < -0.4 is 19.5 Å². The first kappa shape index (κ1) is 24.6. The summed E-state index contributed by atoms with van der Waals surface area (Å²) in [6, 6.07) is 18.6. The van der Waals surface area contributed by atoms with Gasteiger partial charge in [-0.15, -0.1) is 0 Å². The van der Waals surface area contributed by atoms with Crippen LogP contribution in [-0.2, 0) is 22.4 Å². The van der Waals surface area contributed by atoms with Crippen molar-refractivity contribution in [2.45, 2.75) is 12.8 Å². The molecule has 0 spiro atoms. The Morgan fingerprint density at radius 1 is 0.735 bits per heavy atom. The summed E-state index contributed by atoms with van der Waals surface area (Å²) in [6.45, 7) is 0.502. The standard InChI is InChI=1S/C27H29NO6/c1-31-23-12-6-19(16-25(23)33-3)17-26(29)28-14-13-18-5-11-22(24(15-18)32-2)20-7-9-21(10-8-20)27(30)34-4/h5-12,15-16H,13-14,17H2,1-4H3,(H,28,29). The number of amides is 1. The number of esters is 1. The van der Waals surface area contributed by atoms with Gasteiger partial charge in [-0.1, -0.05) is 30.3 Å². The number of hydrogen-bond acceptors (Lipinski definition) is 6. The summed E-state index contributed by atoms with van der Waals surface area (Å²) >= 11 is 0. The third kappa shape index (κ3) is 6.07. The second-order valence-electron chi connectivity index (χ2n) is 7.57. The van der Waals surface area contributed by atoms with Crippen LogP contribution in [0.2, 0.25) is 0 Å². The van der Waals surface area contributed by atoms with Crippen molar-refractivity contribution in [3.8, 4) is 28.4 Å². The Labute approximate surface area is 199 Å². The molecule has 0 aliphatic carbocycles. The Balaban J connectivity index is 1.59. The van der Waals surface area contributed by atoms with Gasteiger partial charge in [0.05, 0.1) is 40.4 Å². The third-order valence-electron chi connectivity index (χ3n) is 5.43. The molecule has 0 aliphatic rings. The molecule has 7 nitrogen and oxygen atoms in total. The molecule has 178 valence electrons. The molecule has 0 saturated heterocycles. The molecule has 34 heavy (non-hydrogen) atoms. The average molecular weight is 464 g/mol. The lowest BCUT2D eigenvalue weighted by molar-refractivity contribution is -0.120. The minimum atomic E-state index is -0.373. The molecule has 0 saturated carbocycles. The number of benzene rings is 3. The first-order chi connectivity index (χ1) is 16.5. The van der Waals surface area contributed by atoms with Crippen LogP contribution in [0.15, 0.2) is 60.7 Å². The molecule has 7 heteroatoms. The zero-order valence-electron chi connectivity index (χ0n) is 19.8. The second kappa shape index (κ2) is 11.7. The summed E-state index contributed by atoms with van der Waals surface area (Å²) in [5.74, 6) is 1.51. The monoisotopic (exact) mass is 463 g/mol. The lowest BCUT2D eigenvalue weighted by Gasteiger charge is -2.12. The van der Waals surface area contributed by atoms with Crippen molar-refractivity contribution >= 4 is 11.9 Å². The highest BCUT2D eigenvalue weighted by Gasteiger charge is 2.11. The van der Waals surface area contributed by atoms with Crippen LogP contribution in [0.5, 0.6) is 17.2 Å². The number of rotatable bonds is 10. The number of nitrogens with one attached hydrogen (secondary N) is 1. The van der Waals surface area contributed by atoms with E-state index in [1.54, 1.807) is 45.6 Å². The lowest BCUT2D eigenvalue weighted by atomic mass is 10.00. The van der Waals surface area contributed by atoms with Crippen molar-refractivity contribution in [2.75, 3.05) is 35.0 Å². The first-order valence-corrected chi connectivity index (χ1v) is 10.8. The fraction of sp³-hybridized carbons (Fsp3) is 0.259. The highest BCUT2D eigenvalue weighted by molar-refractivity contribution is 5.90. The maximum atomic E-state index is 12.4. The molecule has 1 N–H and O–H groups in total. The van der Waals surface area contributed by atoms with Gasteiger partial charge in [-0.3, -0.25) is 4.79 Å². The van der Waals surface area contributed by atoms with Gasteiger partial charge < -0.3 is 24.3 Å². The van der Waals surface area contributed by atoms with Crippen LogP contribution in [0.25, 0.3) is 11.1 Å². The topological polar surface area (TPSA) is 83.1 Å². The van der Waals surface area contributed by atoms with E-state index < -0.39 is 0 Å². The van der Waals surface area contributed by atoms with E-state index in [1.807, 2.05) is 36.4 Å². The van der Waals surface area contributed by atoms with Crippen LogP contribution >= 0.6 is 0 Å². The van der Waals surface area contributed by atoms with Gasteiger partial charge in [-0.05, 0) is 53.4 Å². The number of carbonyl (C=O) groups is 2. The SMILES string of the molecule is COC(=O)c1ccc(-c2ccc(CCNC(=O)Cc3ccc(OC)c(OC)c3)cc2OC)cc1. The number of methoxy groups -OCH3 is 4. The smallest absolute Gasteiger partial charge is 0.337 e. The predicted molar refractivity (Wildman–Crippen MR) is 130 cm³/mol. The predicted octanol–water partition coefficient (Wildman–Crippen LogP) is 4.07. The lowest BCUT2D eigenvalue weighted by Crippen LogP contribution is -2.27. The highest BCUT2D eigenvalue weighted by atomic mass is 16.5. The van der Waals surface area contributed by atoms with E-state index >= 15 is 0 Å². The maximum Gasteiger partial charge on any atom is 0.337 e. The molecule has 0 heterocycles. The Kier molecular flexibility index (Phi) is 8.51. The van der Waals surface area contributed by atoms with E-state index in [0.29, 0.717) is 30.0 Å². The van der Waals surface area contributed by atoms with Crippen molar-refractivity contribution in [3.05, 3.63) is 77.4 Å². The fourth-order valence-electron chi connectivity index (χ4n) is 3.62. The molecule has 3 rings (SSSR count). The Morgan fingerprint density at radius 3 is 2.03 bits per heavy atom. The normalized spacial score (nSPS) is 10.4. The quantitative estimate of drug-likeness (QED) is 0.457. The van der Waals surface area contributed by atoms with E-state index in [9.17, 15) is 9.59 Å². The Hall–Kier alpha value is -4.00. The van der Waals surface area contributed by atoms with Crippen LogP contribution in [-0.4, -0.2) is 46.9 Å². The summed E-state index contributed by atoms with van der Waals surface area (Å²) in [5.41, 5.74) is 4.22. The number of ether oxygens (including phenoxy) is 4. The molecular formula is C27H29NO6. The van der Waals surface area contributed by atoms with Gasteiger partial charge in [0, 0.05) is 12.1 Å². The third-order valence-corrected chi connectivity index (χ3v) is 5.43. The van der Waals surface area contributed by atoms with Crippen LogP contribution in [0.3, 0.4) is 0 Å². The summed E-state index contributed by atoms with van der Waals surface area (Å²) < 4.78 is 20.9. The van der Waals surface area contributed by atoms with E-state index in [-0.39, 0.29) is 18.3 Å². The maximum absolute atomic E-state index is 12.4. The van der Waals surface area contributed by atoms with Gasteiger partial charge in [0.1, 0.15) is 5.75 Å². The van der Waals surface area contributed by atoms with Gasteiger partial charge in [0.25, 0.3) is 0 Å². The molecule has 0 fully saturated rings. The molecular weight excluding hydrogens is 434 g/mol. The minimum absolute atomic E-state index is 0.0681. The largest absolute Gasteiger partial charge is 0.496 e. The average Bonchev–Trinajstić information content (AvgIpc) is 2.88. The first-order valence-electron chi connectivity index (χ1n) is 10.8. The molecule has 1 amide bonds. The number of carbonyl (C=O) groups excluding carboxylic acids is 2. The minimum Gasteiger partial charge on any atom is -0.496 e. The van der Waals surface area contributed by atoms with Crippen LogP contribution in [0.1, 0.15) is 21.5 Å². The zero-order valence-corrected chi connectivity index (χ0v) is 19.8. The van der Waals surface area contributed by atoms with E-state index in [1.165, 1.54) is 7.11 Å². The fourth-order valence-corrected chi connectivity index (χ4v) is 3.62. The molecule has 0 unspecified atom stereocenters. The van der Waals surface area contributed by atoms with E-state index in [4.69, 9.17) is 18.9 Å². The van der Waals surface area contributed by atoms with Gasteiger partial charge in [-0.2, -0.15) is 0 Å². The highest BCUT2D eigenvalue weighted by Crippen LogP contribution is 2.31. The van der Waals surface area contributed by atoms with E-state index in [2.05, 4.69) is 5.32 Å². The van der Waals surface area contributed by atoms with Gasteiger partial charge >= 0.3 is 5.97 Å². The van der Waals surface area contributed by atoms with Gasteiger partial charge in [0.15, 0.2) is 11.5 Å². The zero-order chi connectivity index (χ0) is 24.5.